The fraction of sp³-hybridized carbons (Fsp3) is 0.393. The second kappa shape index (κ2) is 11.3. The van der Waals surface area contributed by atoms with Crippen LogP contribution in [0.3, 0.4) is 0 Å². The van der Waals surface area contributed by atoms with Gasteiger partial charge in [-0.2, -0.15) is 0 Å². The lowest BCUT2D eigenvalue weighted by molar-refractivity contribution is -0.153. The molecule has 3 aromatic rings. The number of esters is 1. The van der Waals surface area contributed by atoms with Crippen molar-refractivity contribution >= 4 is 35.2 Å². The van der Waals surface area contributed by atoms with Gasteiger partial charge in [-0.25, -0.2) is 4.79 Å². The maximum atomic E-state index is 13.4. The molecule has 8 heteroatoms. The van der Waals surface area contributed by atoms with Gasteiger partial charge in [0.1, 0.15) is 23.9 Å². The summed E-state index contributed by atoms with van der Waals surface area (Å²) in [5.74, 6) is 0.266. The van der Waals surface area contributed by atoms with Crippen LogP contribution in [0, 0.1) is 12.8 Å². The third-order valence-corrected chi connectivity index (χ3v) is 6.63. The zero-order valence-corrected chi connectivity index (χ0v) is 22.0. The van der Waals surface area contributed by atoms with Crippen LogP contribution in [-0.4, -0.2) is 41.5 Å². The molecule has 2 N–H and O–H groups in total. The molecule has 0 bridgehead atoms. The Bertz CT molecular complexity index is 1230. The molecule has 2 aromatic carbocycles. The number of aryl methyl sites for hydroxylation is 1. The topological polar surface area (TPSA) is 94.8 Å². The molecule has 7 nitrogen and oxygen atoms in total. The summed E-state index contributed by atoms with van der Waals surface area (Å²) in [4.78, 5) is 31.9. The molecule has 36 heavy (non-hydrogen) atoms. The molecule has 0 saturated carbocycles. The number of nitrogens with two attached hydrogens (primary N) is 1. The van der Waals surface area contributed by atoms with Gasteiger partial charge in [-0.05, 0) is 55.5 Å². The van der Waals surface area contributed by atoms with Gasteiger partial charge in [0.15, 0.2) is 0 Å². The minimum absolute atomic E-state index is 0. The summed E-state index contributed by atoms with van der Waals surface area (Å²) in [6.45, 7) is 6.81. The zero-order valence-electron chi connectivity index (χ0n) is 21.2. The number of hydrogen-bond donors (Lipinski definition) is 1. The van der Waals surface area contributed by atoms with Crippen molar-refractivity contribution in [2.75, 3.05) is 13.7 Å². The highest BCUT2D eigenvalue weighted by Gasteiger charge is 2.48. The Balaban J connectivity index is 0.00000361. The fourth-order valence-corrected chi connectivity index (χ4v) is 4.78. The Morgan fingerprint density at radius 1 is 1.17 bits per heavy atom. The summed E-state index contributed by atoms with van der Waals surface area (Å²) in [7, 11) is 1.35. The van der Waals surface area contributed by atoms with Crippen LogP contribution < -0.4 is 10.5 Å². The van der Waals surface area contributed by atoms with Crippen molar-refractivity contribution in [3.63, 3.8) is 0 Å². The van der Waals surface area contributed by atoms with E-state index in [9.17, 15) is 9.59 Å². The average Bonchev–Trinajstić information content (AvgIpc) is 3.15. The van der Waals surface area contributed by atoms with E-state index in [1.165, 1.54) is 7.11 Å². The zero-order chi connectivity index (χ0) is 25.2. The second-order valence-electron chi connectivity index (χ2n) is 9.64. The summed E-state index contributed by atoms with van der Waals surface area (Å²) in [5.41, 5.74) is 9.10. The predicted molar refractivity (Wildman–Crippen MR) is 142 cm³/mol. The van der Waals surface area contributed by atoms with E-state index in [1.807, 2.05) is 75.4 Å². The Hall–Kier alpha value is -3.16. The molecule has 1 saturated heterocycles. The predicted octanol–water partition coefficient (Wildman–Crippen LogP) is 4.52. The first-order chi connectivity index (χ1) is 16.7. The van der Waals surface area contributed by atoms with Crippen LogP contribution in [0.4, 0.5) is 0 Å². The summed E-state index contributed by atoms with van der Waals surface area (Å²) >= 11 is 0. The summed E-state index contributed by atoms with van der Waals surface area (Å²) in [5, 5.41) is 1.06. The van der Waals surface area contributed by atoms with Crippen molar-refractivity contribution in [3.05, 3.63) is 71.4 Å². The normalized spacial score (nSPS) is 18.3. The van der Waals surface area contributed by atoms with Crippen molar-refractivity contribution < 1.29 is 19.1 Å². The van der Waals surface area contributed by atoms with E-state index in [0.717, 1.165) is 22.2 Å². The number of nitrogens with zero attached hydrogens (tertiary/aromatic N) is 2. The van der Waals surface area contributed by atoms with E-state index in [4.69, 9.17) is 15.2 Å². The molecule has 1 amide bonds. The molecular weight excluding hydrogens is 478 g/mol. The van der Waals surface area contributed by atoms with Gasteiger partial charge in [0.05, 0.1) is 12.6 Å². The first-order valence-corrected chi connectivity index (χ1v) is 12.0. The van der Waals surface area contributed by atoms with E-state index >= 15 is 0 Å². The molecule has 4 rings (SSSR count). The molecule has 0 aliphatic carbocycles. The summed E-state index contributed by atoms with van der Waals surface area (Å²) < 4.78 is 11.0. The molecule has 1 fully saturated rings. The highest BCUT2D eigenvalue weighted by molar-refractivity contribution is 5.93. The molecule has 1 aliphatic heterocycles. The van der Waals surface area contributed by atoms with Gasteiger partial charge in [0, 0.05) is 23.2 Å². The lowest BCUT2D eigenvalue weighted by Crippen LogP contribution is -2.50. The molecule has 1 aliphatic rings. The number of carbonyl (C=O) groups is 2. The van der Waals surface area contributed by atoms with Crippen molar-refractivity contribution in [2.45, 2.75) is 51.8 Å². The molecule has 2 heterocycles. The Morgan fingerprint density at radius 2 is 1.86 bits per heavy atom. The minimum Gasteiger partial charge on any atom is -0.489 e. The van der Waals surface area contributed by atoms with Gasteiger partial charge in [0.25, 0.3) is 0 Å². The third kappa shape index (κ3) is 5.47. The van der Waals surface area contributed by atoms with Crippen LogP contribution in [0.1, 0.15) is 43.5 Å². The number of likely N-dealkylation sites (tertiary alicyclic amines) is 1. The van der Waals surface area contributed by atoms with E-state index in [-0.39, 0.29) is 24.2 Å². The van der Waals surface area contributed by atoms with Crippen LogP contribution in [0.5, 0.6) is 5.75 Å². The fourth-order valence-electron chi connectivity index (χ4n) is 4.78. The standard InChI is InChI=1S/C28H33N3O4.ClH/c1-18(2)15-25(26(32)34-4)31-14-13-28(29,27(31)33)21-9-11-22(12-10-21)35-17-20-16-19(3)30-24-8-6-5-7-23(20)24;/h5-12,16,18,25H,13-15,17,29H2,1-4H3;1H/t25-,28-;/m1./s1. The van der Waals surface area contributed by atoms with Crippen LogP contribution in [-0.2, 0) is 26.5 Å². The number of hydrogen-bond acceptors (Lipinski definition) is 6. The minimum atomic E-state index is -1.18. The molecule has 2 atom stereocenters. The highest BCUT2D eigenvalue weighted by Crippen LogP contribution is 2.34. The quantitative estimate of drug-likeness (QED) is 0.447. The highest BCUT2D eigenvalue weighted by atomic mass is 35.5. The average molecular weight is 512 g/mol. The van der Waals surface area contributed by atoms with E-state index in [0.29, 0.717) is 37.3 Å². The van der Waals surface area contributed by atoms with Crippen LogP contribution in [0.25, 0.3) is 10.9 Å². The van der Waals surface area contributed by atoms with E-state index in [1.54, 1.807) is 4.90 Å². The number of rotatable bonds is 8. The van der Waals surface area contributed by atoms with E-state index < -0.39 is 17.6 Å². The number of fused-ring (bicyclic) bond motifs is 1. The molecule has 0 unspecified atom stereocenters. The van der Waals surface area contributed by atoms with Crippen molar-refractivity contribution in [2.24, 2.45) is 11.7 Å². The number of amides is 1. The maximum absolute atomic E-state index is 13.4. The number of pyridine rings is 1. The first-order valence-electron chi connectivity index (χ1n) is 12.0. The molecule has 0 spiro atoms. The molecule has 0 radical (unpaired) electrons. The maximum Gasteiger partial charge on any atom is 0.328 e. The number of carbonyl (C=O) groups excluding carboxylic acids is 2. The Labute approximate surface area is 218 Å². The second-order valence-corrected chi connectivity index (χ2v) is 9.64. The molecule has 1 aromatic heterocycles. The van der Waals surface area contributed by atoms with Gasteiger partial charge in [-0.15, -0.1) is 12.4 Å². The molecular formula is C28H34ClN3O4. The summed E-state index contributed by atoms with van der Waals surface area (Å²) in [6, 6.07) is 16.8. The molecule has 192 valence electrons. The van der Waals surface area contributed by atoms with Gasteiger partial charge in [-0.3, -0.25) is 9.78 Å². The van der Waals surface area contributed by atoms with Crippen molar-refractivity contribution in [3.8, 4) is 5.75 Å². The monoisotopic (exact) mass is 511 g/mol. The number of ether oxygens (including phenoxy) is 2. The number of methoxy groups -OCH3 is 1. The number of halogens is 1. The summed E-state index contributed by atoms with van der Waals surface area (Å²) in [6.07, 6.45) is 0.963. The van der Waals surface area contributed by atoms with Gasteiger partial charge in [0.2, 0.25) is 5.91 Å². The largest absolute Gasteiger partial charge is 0.489 e. The van der Waals surface area contributed by atoms with Gasteiger partial charge >= 0.3 is 5.97 Å². The van der Waals surface area contributed by atoms with Crippen LogP contribution in [0.2, 0.25) is 0 Å². The van der Waals surface area contributed by atoms with E-state index in [2.05, 4.69) is 4.98 Å². The lowest BCUT2D eigenvalue weighted by atomic mass is 9.89. The number of benzene rings is 2. The lowest BCUT2D eigenvalue weighted by Gasteiger charge is -2.29. The van der Waals surface area contributed by atoms with Gasteiger partial charge in [-0.1, -0.05) is 44.2 Å². The first kappa shape index (κ1) is 27.4. The Kier molecular flexibility index (Phi) is 8.59. The van der Waals surface area contributed by atoms with Crippen LogP contribution in [0.15, 0.2) is 54.6 Å². The SMILES string of the molecule is COC(=O)[C@@H](CC(C)C)N1CC[C@@](N)(c2ccc(OCc3cc(C)nc4ccccc34)cc2)C1=O.Cl. The van der Waals surface area contributed by atoms with Crippen molar-refractivity contribution in [1.82, 2.24) is 9.88 Å². The van der Waals surface area contributed by atoms with Crippen molar-refractivity contribution in [1.29, 1.82) is 0 Å². The number of aromatic nitrogens is 1. The third-order valence-electron chi connectivity index (χ3n) is 6.63. The Morgan fingerprint density at radius 3 is 2.53 bits per heavy atom. The number of para-hydroxylation sites is 1. The van der Waals surface area contributed by atoms with Crippen LogP contribution >= 0.6 is 12.4 Å². The van der Waals surface area contributed by atoms with Gasteiger partial charge < -0.3 is 20.1 Å². The smallest absolute Gasteiger partial charge is 0.328 e.